The van der Waals surface area contributed by atoms with Crippen LogP contribution in [0, 0.1) is 0 Å². The van der Waals surface area contributed by atoms with Crippen molar-refractivity contribution in [1.82, 2.24) is 15.5 Å². The molecule has 126 valence electrons. The van der Waals surface area contributed by atoms with Crippen LogP contribution in [0.25, 0.3) is 0 Å². The molecule has 3 N–H and O–H groups in total. The van der Waals surface area contributed by atoms with Crippen molar-refractivity contribution >= 4 is 17.6 Å². The Hall–Kier alpha value is -2.28. The van der Waals surface area contributed by atoms with Crippen LogP contribution in [-0.4, -0.2) is 60.7 Å². The molecule has 3 amide bonds. The normalized spacial score (nSPS) is 15.5. The molecule has 0 saturated carbocycles. The second-order valence-electron chi connectivity index (χ2n) is 5.93. The Kier molecular flexibility index (Phi) is 5.81. The third-order valence-corrected chi connectivity index (χ3v) is 3.63. The first-order valence-corrected chi connectivity index (χ1v) is 7.81. The first kappa shape index (κ1) is 17.1. The summed E-state index contributed by atoms with van der Waals surface area (Å²) in [6, 6.07) is 6.77. The number of carbonyl (C=O) groups is 2. The average Bonchev–Trinajstić information content (AvgIpc) is 2.47. The van der Waals surface area contributed by atoms with Crippen molar-refractivity contribution in [2.24, 2.45) is 0 Å². The number of carbonyl (C=O) groups excluding carboxylic acids is 2. The van der Waals surface area contributed by atoms with Crippen molar-refractivity contribution in [1.29, 1.82) is 0 Å². The summed E-state index contributed by atoms with van der Waals surface area (Å²) < 4.78 is 0. The van der Waals surface area contributed by atoms with E-state index in [1.807, 2.05) is 30.9 Å². The predicted octanol–water partition coefficient (Wildman–Crippen LogP) is 0.748. The number of aromatic hydroxyl groups is 1. The van der Waals surface area contributed by atoms with Crippen molar-refractivity contribution in [2.75, 3.05) is 37.6 Å². The van der Waals surface area contributed by atoms with Gasteiger partial charge >= 0.3 is 6.03 Å². The molecular formula is C16H24N4O3. The summed E-state index contributed by atoms with van der Waals surface area (Å²) in [5, 5.41) is 14.8. The van der Waals surface area contributed by atoms with Crippen LogP contribution in [0.15, 0.2) is 24.3 Å². The molecular weight excluding hydrogens is 296 g/mol. The minimum absolute atomic E-state index is 0.00936. The highest BCUT2D eigenvalue weighted by atomic mass is 16.3. The van der Waals surface area contributed by atoms with Crippen LogP contribution in [0.4, 0.5) is 10.5 Å². The summed E-state index contributed by atoms with van der Waals surface area (Å²) in [6.45, 7) is 6.72. The van der Waals surface area contributed by atoms with Gasteiger partial charge in [0, 0.05) is 32.2 Å². The Morgan fingerprint density at radius 3 is 2.43 bits per heavy atom. The minimum atomic E-state index is -0.460. The Balaban J connectivity index is 1.77. The van der Waals surface area contributed by atoms with Crippen LogP contribution in [0.1, 0.15) is 13.8 Å². The number of imide groups is 1. The second-order valence-corrected chi connectivity index (χ2v) is 5.93. The van der Waals surface area contributed by atoms with Crippen molar-refractivity contribution in [3.63, 3.8) is 0 Å². The van der Waals surface area contributed by atoms with Gasteiger partial charge in [-0.15, -0.1) is 0 Å². The van der Waals surface area contributed by atoms with Gasteiger partial charge in [-0.2, -0.15) is 0 Å². The van der Waals surface area contributed by atoms with Gasteiger partial charge in [-0.05, 0) is 26.0 Å². The molecule has 1 aliphatic heterocycles. The van der Waals surface area contributed by atoms with Gasteiger partial charge in [0.2, 0.25) is 5.91 Å². The van der Waals surface area contributed by atoms with Crippen molar-refractivity contribution in [3.05, 3.63) is 24.3 Å². The lowest BCUT2D eigenvalue weighted by molar-refractivity contribution is -0.121. The van der Waals surface area contributed by atoms with Crippen LogP contribution < -0.4 is 15.5 Å². The van der Waals surface area contributed by atoms with Crippen LogP contribution in [-0.2, 0) is 4.79 Å². The summed E-state index contributed by atoms with van der Waals surface area (Å²) in [5.41, 5.74) is 0.813. The summed E-state index contributed by atoms with van der Waals surface area (Å²) in [6.07, 6.45) is 0. The smallest absolute Gasteiger partial charge is 0.321 e. The summed E-state index contributed by atoms with van der Waals surface area (Å²) in [5.74, 6) is -0.0387. The van der Waals surface area contributed by atoms with Crippen molar-refractivity contribution in [3.8, 4) is 5.75 Å². The Labute approximate surface area is 136 Å². The van der Waals surface area contributed by atoms with E-state index < -0.39 is 6.03 Å². The highest BCUT2D eigenvalue weighted by molar-refractivity contribution is 5.95. The Bertz CT molecular complexity index is 554. The zero-order valence-electron chi connectivity index (χ0n) is 13.6. The maximum absolute atomic E-state index is 11.8. The molecule has 0 unspecified atom stereocenters. The van der Waals surface area contributed by atoms with Gasteiger partial charge in [-0.1, -0.05) is 12.1 Å². The average molecular weight is 320 g/mol. The number of rotatable bonds is 4. The molecule has 7 heteroatoms. The molecule has 1 saturated heterocycles. The van der Waals surface area contributed by atoms with E-state index in [9.17, 15) is 14.7 Å². The third kappa shape index (κ3) is 5.14. The van der Waals surface area contributed by atoms with Crippen LogP contribution in [0.5, 0.6) is 5.75 Å². The summed E-state index contributed by atoms with van der Waals surface area (Å²) in [4.78, 5) is 27.4. The minimum Gasteiger partial charge on any atom is -0.506 e. The number of nitrogens with zero attached hydrogens (tertiary/aromatic N) is 2. The lowest BCUT2D eigenvalue weighted by Crippen LogP contribution is -2.51. The number of anilines is 1. The highest BCUT2D eigenvalue weighted by Crippen LogP contribution is 2.26. The van der Waals surface area contributed by atoms with Crippen LogP contribution in [0.3, 0.4) is 0 Å². The predicted molar refractivity (Wildman–Crippen MR) is 88.6 cm³/mol. The van der Waals surface area contributed by atoms with Crippen LogP contribution >= 0.6 is 0 Å². The van der Waals surface area contributed by atoms with E-state index in [2.05, 4.69) is 15.5 Å². The zero-order chi connectivity index (χ0) is 16.8. The number of piperazine rings is 1. The molecule has 0 bridgehead atoms. The second kappa shape index (κ2) is 7.82. The van der Waals surface area contributed by atoms with Gasteiger partial charge in [0.05, 0.1) is 12.2 Å². The number of benzene rings is 1. The molecule has 0 aliphatic carbocycles. The number of phenols is 1. The molecule has 23 heavy (non-hydrogen) atoms. The molecule has 0 spiro atoms. The molecule has 1 aliphatic rings. The lowest BCUT2D eigenvalue weighted by Gasteiger charge is -2.35. The van der Waals surface area contributed by atoms with E-state index in [-0.39, 0.29) is 24.2 Å². The fraction of sp³-hybridized carbons (Fsp3) is 0.500. The maximum atomic E-state index is 11.8. The van der Waals surface area contributed by atoms with Gasteiger partial charge in [-0.3, -0.25) is 15.0 Å². The van der Waals surface area contributed by atoms with E-state index in [1.165, 1.54) is 0 Å². The van der Waals surface area contributed by atoms with E-state index in [0.717, 1.165) is 18.8 Å². The standard InChI is InChI=1S/C16H24N4O3/c1-12(2)17-16(23)18-15(22)11-19-7-9-20(10-8-19)13-5-3-4-6-14(13)21/h3-6,12,21H,7-11H2,1-2H3,(H2,17,18,22,23). The largest absolute Gasteiger partial charge is 0.506 e. The molecule has 1 fully saturated rings. The number of hydrogen-bond donors (Lipinski definition) is 3. The number of para-hydroxylation sites is 2. The third-order valence-electron chi connectivity index (χ3n) is 3.63. The topological polar surface area (TPSA) is 84.9 Å². The first-order chi connectivity index (χ1) is 11.0. The summed E-state index contributed by atoms with van der Waals surface area (Å²) in [7, 11) is 0. The van der Waals surface area contributed by atoms with Gasteiger partial charge in [0.15, 0.2) is 0 Å². The molecule has 1 aromatic carbocycles. The number of hydrogen-bond acceptors (Lipinski definition) is 5. The number of phenolic OH excluding ortho intramolecular Hbond substituents is 1. The fourth-order valence-corrected chi connectivity index (χ4v) is 2.55. The maximum Gasteiger partial charge on any atom is 0.321 e. The number of urea groups is 1. The quantitative estimate of drug-likeness (QED) is 0.762. The van der Waals surface area contributed by atoms with E-state index in [1.54, 1.807) is 12.1 Å². The van der Waals surface area contributed by atoms with E-state index >= 15 is 0 Å². The fourth-order valence-electron chi connectivity index (χ4n) is 2.55. The molecule has 7 nitrogen and oxygen atoms in total. The molecule has 0 radical (unpaired) electrons. The van der Waals surface area contributed by atoms with Gasteiger partial charge in [-0.25, -0.2) is 4.79 Å². The van der Waals surface area contributed by atoms with Gasteiger partial charge in [0.25, 0.3) is 0 Å². The highest BCUT2D eigenvalue weighted by Gasteiger charge is 2.21. The van der Waals surface area contributed by atoms with Crippen molar-refractivity contribution in [2.45, 2.75) is 19.9 Å². The monoisotopic (exact) mass is 320 g/mol. The summed E-state index contributed by atoms with van der Waals surface area (Å²) >= 11 is 0. The molecule has 0 aromatic heterocycles. The van der Waals surface area contributed by atoms with E-state index in [0.29, 0.717) is 13.1 Å². The number of nitrogens with one attached hydrogen (secondary N) is 2. The Morgan fingerprint density at radius 2 is 1.83 bits per heavy atom. The van der Waals surface area contributed by atoms with Crippen LogP contribution in [0.2, 0.25) is 0 Å². The Morgan fingerprint density at radius 1 is 1.17 bits per heavy atom. The van der Waals surface area contributed by atoms with Crippen molar-refractivity contribution < 1.29 is 14.7 Å². The molecule has 1 heterocycles. The lowest BCUT2D eigenvalue weighted by atomic mass is 10.2. The first-order valence-electron chi connectivity index (χ1n) is 7.81. The number of amides is 3. The van der Waals surface area contributed by atoms with Gasteiger partial charge < -0.3 is 15.3 Å². The zero-order valence-corrected chi connectivity index (χ0v) is 13.6. The van der Waals surface area contributed by atoms with E-state index in [4.69, 9.17) is 0 Å². The molecule has 0 atom stereocenters. The SMILES string of the molecule is CC(C)NC(=O)NC(=O)CN1CCN(c2ccccc2O)CC1. The molecule has 1 aromatic rings. The van der Waals surface area contributed by atoms with Gasteiger partial charge in [0.1, 0.15) is 5.75 Å². The molecule has 2 rings (SSSR count).